The van der Waals surface area contributed by atoms with Crippen molar-refractivity contribution in [1.82, 2.24) is 9.97 Å². The summed E-state index contributed by atoms with van der Waals surface area (Å²) in [4.78, 5) is 11.4. The standard InChI is InChI=1S/C15H19ClN4S/c16-15-19-13(18-9-6-4-8(17)5-7-9)12-10-2-1-3-11(10)21-14(12)20-15/h8-9H,1-7,17H2,(H,18,19,20). The number of hydrogen-bond donors (Lipinski definition) is 2. The van der Waals surface area contributed by atoms with Crippen LogP contribution in [0.2, 0.25) is 5.28 Å². The zero-order valence-corrected chi connectivity index (χ0v) is 13.4. The van der Waals surface area contributed by atoms with Crippen LogP contribution in [0.4, 0.5) is 5.82 Å². The number of halogens is 1. The molecule has 6 heteroatoms. The summed E-state index contributed by atoms with van der Waals surface area (Å²) in [5, 5.41) is 5.18. The lowest BCUT2D eigenvalue weighted by atomic mass is 9.92. The van der Waals surface area contributed by atoms with E-state index in [2.05, 4.69) is 15.3 Å². The van der Waals surface area contributed by atoms with Gasteiger partial charge in [-0.3, -0.25) is 0 Å². The molecule has 3 N–H and O–H groups in total. The van der Waals surface area contributed by atoms with Crippen LogP contribution in [0.3, 0.4) is 0 Å². The van der Waals surface area contributed by atoms with E-state index in [-0.39, 0.29) is 0 Å². The summed E-state index contributed by atoms with van der Waals surface area (Å²) in [5.41, 5.74) is 7.44. The molecule has 0 radical (unpaired) electrons. The van der Waals surface area contributed by atoms with E-state index in [1.54, 1.807) is 11.3 Å². The Morgan fingerprint density at radius 2 is 1.95 bits per heavy atom. The Hall–Kier alpha value is -0.910. The molecule has 0 saturated heterocycles. The first-order valence-electron chi connectivity index (χ1n) is 7.70. The normalized spacial score (nSPS) is 25.2. The van der Waals surface area contributed by atoms with E-state index >= 15 is 0 Å². The van der Waals surface area contributed by atoms with Crippen LogP contribution >= 0.6 is 22.9 Å². The molecule has 112 valence electrons. The maximum Gasteiger partial charge on any atom is 0.225 e. The number of aryl methyl sites for hydroxylation is 2. The quantitative estimate of drug-likeness (QED) is 0.830. The predicted molar refractivity (Wildman–Crippen MR) is 88.3 cm³/mol. The fourth-order valence-corrected chi connectivity index (χ4v) is 5.01. The van der Waals surface area contributed by atoms with Gasteiger partial charge in [0, 0.05) is 17.0 Å². The Bertz CT molecular complexity index is 676. The summed E-state index contributed by atoms with van der Waals surface area (Å²) in [6.07, 6.45) is 7.95. The molecule has 21 heavy (non-hydrogen) atoms. The molecule has 0 amide bonds. The number of hydrogen-bond acceptors (Lipinski definition) is 5. The van der Waals surface area contributed by atoms with E-state index in [9.17, 15) is 0 Å². The van der Waals surface area contributed by atoms with E-state index < -0.39 is 0 Å². The molecule has 2 aromatic rings. The number of anilines is 1. The van der Waals surface area contributed by atoms with E-state index in [4.69, 9.17) is 17.3 Å². The lowest BCUT2D eigenvalue weighted by Crippen LogP contribution is -2.33. The van der Waals surface area contributed by atoms with Crippen molar-refractivity contribution < 1.29 is 0 Å². The van der Waals surface area contributed by atoms with Crippen LogP contribution < -0.4 is 11.1 Å². The number of nitrogens with one attached hydrogen (secondary N) is 1. The van der Waals surface area contributed by atoms with Crippen LogP contribution in [0.15, 0.2) is 0 Å². The van der Waals surface area contributed by atoms with Crippen molar-refractivity contribution in [3.8, 4) is 0 Å². The van der Waals surface area contributed by atoms with Crippen molar-refractivity contribution in [2.24, 2.45) is 5.73 Å². The smallest absolute Gasteiger partial charge is 0.225 e. The van der Waals surface area contributed by atoms with E-state index in [1.807, 2.05) is 0 Å². The van der Waals surface area contributed by atoms with E-state index in [0.29, 0.717) is 17.4 Å². The van der Waals surface area contributed by atoms with E-state index in [0.717, 1.165) is 42.8 Å². The monoisotopic (exact) mass is 322 g/mol. The molecule has 0 atom stereocenters. The first-order chi connectivity index (χ1) is 10.2. The predicted octanol–water partition coefficient (Wildman–Crippen LogP) is 3.52. The van der Waals surface area contributed by atoms with Gasteiger partial charge in [0.25, 0.3) is 0 Å². The van der Waals surface area contributed by atoms with Crippen molar-refractivity contribution in [1.29, 1.82) is 0 Å². The third kappa shape index (κ3) is 2.51. The van der Waals surface area contributed by atoms with Gasteiger partial charge in [0.1, 0.15) is 10.6 Å². The maximum absolute atomic E-state index is 6.11. The van der Waals surface area contributed by atoms with Crippen LogP contribution in [0.25, 0.3) is 10.2 Å². The number of rotatable bonds is 2. The molecule has 2 heterocycles. The van der Waals surface area contributed by atoms with Gasteiger partial charge in [-0.05, 0) is 62.1 Å². The Labute approximate surface area is 133 Å². The summed E-state index contributed by atoms with van der Waals surface area (Å²) in [7, 11) is 0. The fourth-order valence-electron chi connectivity index (χ4n) is 3.53. The second kappa shape index (κ2) is 5.38. The number of aromatic nitrogens is 2. The molecule has 0 unspecified atom stereocenters. The van der Waals surface area contributed by atoms with Crippen LogP contribution in [0.1, 0.15) is 42.5 Å². The van der Waals surface area contributed by atoms with Crippen molar-refractivity contribution in [2.75, 3.05) is 5.32 Å². The number of nitrogens with zero attached hydrogens (tertiary/aromatic N) is 2. The summed E-state index contributed by atoms with van der Waals surface area (Å²) in [6.45, 7) is 0. The van der Waals surface area contributed by atoms with Gasteiger partial charge in [-0.2, -0.15) is 0 Å². The lowest BCUT2D eigenvalue weighted by molar-refractivity contribution is 0.410. The highest BCUT2D eigenvalue weighted by atomic mass is 35.5. The topological polar surface area (TPSA) is 63.8 Å². The highest BCUT2D eigenvalue weighted by Crippen LogP contribution is 2.40. The van der Waals surface area contributed by atoms with Crippen LogP contribution in [0, 0.1) is 0 Å². The molecular weight excluding hydrogens is 304 g/mol. The minimum Gasteiger partial charge on any atom is -0.367 e. The Kier molecular flexibility index (Phi) is 3.52. The van der Waals surface area contributed by atoms with E-state index in [1.165, 1.54) is 28.7 Å². The third-order valence-corrected chi connectivity index (χ3v) is 6.00. The average Bonchev–Trinajstić information content (AvgIpc) is 3.01. The van der Waals surface area contributed by atoms with Gasteiger partial charge in [-0.25, -0.2) is 9.97 Å². The molecule has 2 aliphatic carbocycles. The summed E-state index contributed by atoms with van der Waals surface area (Å²) >= 11 is 7.89. The van der Waals surface area contributed by atoms with Crippen LogP contribution in [-0.2, 0) is 12.8 Å². The van der Waals surface area contributed by atoms with Gasteiger partial charge in [-0.15, -0.1) is 11.3 Å². The highest BCUT2D eigenvalue weighted by Gasteiger charge is 2.24. The average molecular weight is 323 g/mol. The van der Waals surface area contributed by atoms with Crippen molar-refractivity contribution in [3.63, 3.8) is 0 Å². The highest BCUT2D eigenvalue weighted by molar-refractivity contribution is 7.19. The largest absolute Gasteiger partial charge is 0.367 e. The zero-order chi connectivity index (χ0) is 14.4. The number of nitrogens with two attached hydrogens (primary N) is 1. The molecule has 1 fully saturated rings. The first-order valence-corrected chi connectivity index (χ1v) is 8.90. The Morgan fingerprint density at radius 1 is 1.14 bits per heavy atom. The molecule has 4 nitrogen and oxygen atoms in total. The molecule has 0 spiro atoms. The summed E-state index contributed by atoms with van der Waals surface area (Å²) in [6, 6.07) is 0.818. The van der Waals surface area contributed by atoms with Gasteiger partial charge < -0.3 is 11.1 Å². The van der Waals surface area contributed by atoms with Gasteiger partial charge in [-0.1, -0.05) is 0 Å². The van der Waals surface area contributed by atoms with Gasteiger partial charge >= 0.3 is 0 Å². The summed E-state index contributed by atoms with van der Waals surface area (Å²) < 4.78 is 0. The second-order valence-electron chi connectivity index (χ2n) is 6.13. The van der Waals surface area contributed by atoms with Gasteiger partial charge in [0.2, 0.25) is 5.28 Å². The zero-order valence-electron chi connectivity index (χ0n) is 11.9. The molecule has 2 aromatic heterocycles. The molecule has 0 aliphatic heterocycles. The first kappa shape index (κ1) is 13.7. The SMILES string of the molecule is NC1CCC(Nc2nc(Cl)nc3sc4c(c23)CCC4)CC1. The lowest BCUT2D eigenvalue weighted by Gasteiger charge is -2.27. The summed E-state index contributed by atoms with van der Waals surface area (Å²) in [5.74, 6) is 0.935. The van der Waals surface area contributed by atoms with Crippen molar-refractivity contribution >= 4 is 39.0 Å². The molecule has 1 saturated carbocycles. The minimum absolute atomic E-state index is 0.345. The maximum atomic E-state index is 6.11. The van der Waals surface area contributed by atoms with Crippen LogP contribution in [0.5, 0.6) is 0 Å². The second-order valence-corrected chi connectivity index (χ2v) is 7.56. The minimum atomic E-state index is 0.345. The van der Waals surface area contributed by atoms with Crippen molar-refractivity contribution in [2.45, 2.75) is 57.0 Å². The van der Waals surface area contributed by atoms with Crippen molar-refractivity contribution in [3.05, 3.63) is 15.7 Å². The van der Waals surface area contributed by atoms with Gasteiger partial charge in [0.05, 0.1) is 5.39 Å². The Balaban J connectivity index is 1.70. The third-order valence-electron chi connectivity index (χ3n) is 4.65. The fraction of sp³-hybridized carbons (Fsp3) is 0.600. The molecule has 0 aromatic carbocycles. The molecule has 2 aliphatic rings. The molecule has 0 bridgehead atoms. The molecule has 4 rings (SSSR count). The van der Waals surface area contributed by atoms with Crippen LogP contribution in [-0.4, -0.2) is 22.1 Å². The number of thiophene rings is 1. The molecular formula is C15H19ClN4S. The van der Waals surface area contributed by atoms with Gasteiger partial charge in [0.15, 0.2) is 0 Å². The Morgan fingerprint density at radius 3 is 2.76 bits per heavy atom. The number of fused-ring (bicyclic) bond motifs is 3.